The Morgan fingerprint density at radius 1 is 1.38 bits per heavy atom. The molecule has 3 saturated heterocycles. The van der Waals surface area contributed by atoms with Crippen LogP contribution in [-0.2, 0) is 0 Å². The average molecular weight is 303 g/mol. The fraction of sp³-hybridized carbons (Fsp3) is 0.467. The molecular weight excluding hydrogens is 286 g/mol. The molecule has 5 nitrogen and oxygen atoms in total. The van der Waals surface area contributed by atoms with Crippen molar-refractivity contribution in [3.05, 3.63) is 23.1 Å². The van der Waals surface area contributed by atoms with Gasteiger partial charge < -0.3 is 15.3 Å². The maximum absolute atomic E-state index is 12.5. The van der Waals surface area contributed by atoms with Crippen molar-refractivity contribution in [3.63, 3.8) is 0 Å². The smallest absolute Gasteiger partial charge is 0.263 e. The van der Waals surface area contributed by atoms with Crippen LogP contribution in [0.15, 0.2) is 18.2 Å². The lowest BCUT2D eigenvalue weighted by Crippen LogP contribution is -2.57. The first kappa shape index (κ1) is 13.0. The fourth-order valence-electron chi connectivity index (χ4n) is 3.46. The molecule has 5 rings (SSSR count). The monoisotopic (exact) mass is 303 g/mol. The van der Waals surface area contributed by atoms with Crippen molar-refractivity contribution in [2.75, 3.05) is 19.6 Å². The van der Waals surface area contributed by atoms with Gasteiger partial charge in [0.25, 0.3) is 5.91 Å². The van der Waals surface area contributed by atoms with Gasteiger partial charge in [-0.3, -0.25) is 4.79 Å². The van der Waals surface area contributed by atoms with E-state index in [4.69, 9.17) is 0 Å². The highest BCUT2D eigenvalue weighted by molar-refractivity contribution is 7.09. The third-order valence-electron chi connectivity index (χ3n) is 4.64. The number of amides is 1. The van der Waals surface area contributed by atoms with Crippen molar-refractivity contribution < 1.29 is 9.90 Å². The molecule has 1 aromatic heterocycles. The number of aromatic nitrogens is 1. The SMILES string of the molecule is O=C(N[C@@H]1CN2CCC1CC2)c1snc2cc(O)ccc12. The lowest BCUT2D eigenvalue weighted by Gasteiger charge is -2.44. The number of phenolic OH excluding ortho intramolecular Hbond substituents is 1. The number of carbonyl (C=O) groups is 1. The van der Waals surface area contributed by atoms with Crippen LogP contribution in [0.1, 0.15) is 22.5 Å². The van der Waals surface area contributed by atoms with Gasteiger partial charge in [-0.1, -0.05) is 0 Å². The van der Waals surface area contributed by atoms with Gasteiger partial charge in [-0.2, -0.15) is 4.37 Å². The maximum atomic E-state index is 12.5. The van der Waals surface area contributed by atoms with E-state index in [9.17, 15) is 9.90 Å². The summed E-state index contributed by atoms with van der Waals surface area (Å²) in [6.45, 7) is 3.30. The van der Waals surface area contributed by atoms with Crippen LogP contribution in [0, 0.1) is 5.92 Å². The van der Waals surface area contributed by atoms with E-state index in [0.29, 0.717) is 16.3 Å². The number of rotatable bonds is 2. The minimum absolute atomic E-state index is 0.0352. The summed E-state index contributed by atoms with van der Waals surface area (Å²) >= 11 is 1.20. The summed E-state index contributed by atoms with van der Waals surface area (Å²) in [6.07, 6.45) is 2.37. The van der Waals surface area contributed by atoms with Crippen LogP contribution in [-0.4, -0.2) is 46.0 Å². The number of piperidine rings is 3. The molecule has 1 aromatic carbocycles. The number of benzene rings is 1. The molecule has 0 unspecified atom stereocenters. The number of carbonyl (C=O) groups excluding carboxylic acids is 1. The van der Waals surface area contributed by atoms with Crippen molar-refractivity contribution in [2.24, 2.45) is 5.92 Å². The van der Waals surface area contributed by atoms with Crippen LogP contribution in [0.4, 0.5) is 0 Å². The van der Waals surface area contributed by atoms with Gasteiger partial charge in [0.2, 0.25) is 0 Å². The first-order valence-electron chi connectivity index (χ1n) is 7.32. The van der Waals surface area contributed by atoms with Gasteiger partial charge in [-0.05, 0) is 55.5 Å². The predicted octanol–water partition coefficient (Wildman–Crippen LogP) is 1.83. The van der Waals surface area contributed by atoms with Crippen LogP contribution in [0.2, 0.25) is 0 Å². The van der Waals surface area contributed by atoms with Crippen molar-refractivity contribution >= 4 is 28.3 Å². The average Bonchev–Trinajstić information content (AvgIpc) is 2.91. The van der Waals surface area contributed by atoms with E-state index in [0.717, 1.165) is 11.9 Å². The second kappa shape index (κ2) is 4.96. The normalized spacial score (nSPS) is 27.9. The molecule has 110 valence electrons. The largest absolute Gasteiger partial charge is 0.508 e. The Balaban J connectivity index is 1.56. The molecule has 2 bridgehead atoms. The van der Waals surface area contributed by atoms with Gasteiger partial charge in [0.1, 0.15) is 10.6 Å². The number of nitrogens with zero attached hydrogens (tertiary/aromatic N) is 2. The number of aromatic hydroxyl groups is 1. The van der Waals surface area contributed by atoms with Gasteiger partial charge in [0.05, 0.1) is 5.52 Å². The zero-order valence-corrected chi connectivity index (χ0v) is 12.4. The molecule has 0 saturated carbocycles. The highest BCUT2D eigenvalue weighted by Crippen LogP contribution is 2.29. The highest BCUT2D eigenvalue weighted by Gasteiger charge is 2.35. The highest BCUT2D eigenvalue weighted by atomic mass is 32.1. The van der Waals surface area contributed by atoms with Gasteiger partial charge >= 0.3 is 0 Å². The van der Waals surface area contributed by atoms with Gasteiger partial charge in [-0.25, -0.2) is 0 Å². The van der Waals surface area contributed by atoms with E-state index in [1.54, 1.807) is 18.2 Å². The predicted molar refractivity (Wildman–Crippen MR) is 81.7 cm³/mol. The molecule has 1 amide bonds. The summed E-state index contributed by atoms with van der Waals surface area (Å²) in [4.78, 5) is 15.6. The fourth-order valence-corrected chi connectivity index (χ4v) is 4.21. The third-order valence-corrected chi connectivity index (χ3v) is 5.52. The summed E-state index contributed by atoms with van der Waals surface area (Å²) in [5.41, 5.74) is 0.680. The van der Waals surface area contributed by atoms with E-state index in [-0.39, 0.29) is 17.7 Å². The minimum atomic E-state index is -0.0352. The summed E-state index contributed by atoms with van der Waals surface area (Å²) in [6, 6.07) is 5.22. The number of phenols is 1. The molecule has 6 heteroatoms. The zero-order chi connectivity index (χ0) is 14.4. The molecule has 3 aliphatic heterocycles. The summed E-state index contributed by atoms with van der Waals surface area (Å²) in [5, 5.41) is 13.5. The Labute approximate surface area is 126 Å². The van der Waals surface area contributed by atoms with E-state index < -0.39 is 0 Å². The number of hydrogen-bond donors (Lipinski definition) is 2. The van der Waals surface area contributed by atoms with Crippen LogP contribution >= 0.6 is 11.5 Å². The molecule has 0 aliphatic carbocycles. The number of hydrogen-bond acceptors (Lipinski definition) is 5. The van der Waals surface area contributed by atoms with Crippen molar-refractivity contribution in [1.29, 1.82) is 0 Å². The standard InChI is InChI=1S/C15H17N3O2S/c19-10-1-2-11-12(7-10)17-21-14(11)15(20)16-13-8-18-5-3-9(13)4-6-18/h1-2,7,9,13,19H,3-6,8H2,(H,16,20)/t13-/m1/s1. The molecule has 2 N–H and O–H groups in total. The van der Waals surface area contributed by atoms with Gasteiger partial charge in [-0.15, -0.1) is 0 Å². The molecule has 4 heterocycles. The Morgan fingerprint density at radius 3 is 2.90 bits per heavy atom. The first-order valence-corrected chi connectivity index (χ1v) is 8.09. The van der Waals surface area contributed by atoms with Crippen molar-refractivity contribution in [1.82, 2.24) is 14.6 Å². The van der Waals surface area contributed by atoms with Crippen LogP contribution in [0.3, 0.4) is 0 Å². The van der Waals surface area contributed by atoms with Crippen molar-refractivity contribution in [2.45, 2.75) is 18.9 Å². The lowest BCUT2D eigenvalue weighted by molar-refractivity contribution is 0.0623. The van der Waals surface area contributed by atoms with E-state index in [2.05, 4.69) is 14.6 Å². The molecule has 0 radical (unpaired) electrons. The minimum Gasteiger partial charge on any atom is -0.508 e. The number of fused-ring (bicyclic) bond motifs is 4. The summed E-state index contributed by atoms with van der Waals surface area (Å²) < 4.78 is 4.25. The Hall–Kier alpha value is -1.66. The Morgan fingerprint density at radius 2 is 2.19 bits per heavy atom. The molecule has 1 atom stereocenters. The Bertz CT molecular complexity index is 691. The summed E-state index contributed by atoms with van der Waals surface area (Å²) in [7, 11) is 0. The topological polar surface area (TPSA) is 65.5 Å². The quantitative estimate of drug-likeness (QED) is 0.888. The molecule has 21 heavy (non-hydrogen) atoms. The molecule has 2 aromatic rings. The van der Waals surface area contributed by atoms with Gasteiger partial charge in [0.15, 0.2) is 0 Å². The molecular formula is C15H17N3O2S. The second-order valence-corrected chi connectivity index (χ2v) is 6.70. The van der Waals surface area contributed by atoms with Gasteiger partial charge in [0, 0.05) is 24.0 Å². The van der Waals surface area contributed by atoms with E-state index >= 15 is 0 Å². The second-order valence-electron chi connectivity index (χ2n) is 5.93. The first-order chi connectivity index (χ1) is 10.2. The van der Waals surface area contributed by atoms with E-state index in [1.807, 2.05) is 0 Å². The summed E-state index contributed by atoms with van der Waals surface area (Å²) in [5.74, 6) is 0.756. The van der Waals surface area contributed by atoms with E-state index in [1.165, 1.54) is 37.5 Å². The lowest BCUT2D eigenvalue weighted by atomic mass is 9.84. The van der Waals surface area contributed by atoms with Crippen LogP contribution in [0.5, 0.6) is 5.75 Å². The molecule has 0 spiro atoms. The molecule has 3 aliphatic rings. The van der Waals surface area contributed by atoms with Crippen LogP contribution in [0.25, 0.3) is 10.9 Å². The maximum Gasteiger partial charge on any atom is 0.263 e. The van der Waals surface area contributed by atoms with Crippen LogP contribution < -0.4 is 5.32 Å². The third kappa shape index (κ3) is 2.28. The molecule has 3 fully saturated rings. The Kier molecular flexibility index (Phi) is 3.08. The van der Waals surface area contributed by atoms with Crippen molar-refractivity contribution in [3.8, 4) is 5.75 Å². The zero-order valence-electron chi connectivity index (χ0n) is 11.6. The number of nitrogens with one attached hydrogen (secondary N) is 1.